The third-order valence-electron chi connectivity index (χ3n) is 3.84. The summed E-state index contributed by atoms with van der Waals surface area (Å²) in [4.78, 5) is 2.47. The van der Waals surface area contributed by atoms with Gasteiger partial charge in [0.15, 0.2) is 5.82 Å². The van der Waals surface area contributed by atoms with E-state index < -0.39 is 0 Å². The first-order chi connectivity index (χ1) is 9.83. The van der Waals surface area contributed by atoms with Crippen LogP contribution in [0.25, 0.3) is 0 Å². The molecule has 5 nitrogen and oxygen atoms in total. The van der Waals surface area contributed by atoms with Gasteiger partial charge in [0.05, 0.1) is 6.54 Å². The minimum absolute atomic E-state index is 0.694. The summed E-state index contributed by atoms with van der Waals surface area (Å²) in [5.74, 6) is 0.935. The van der Waals surface area contributed by atoms with Gasteiger partial charge in [0.1, 0.15) is 6.33 Å². The van der Waals surface area contributed by atoms with E-state index in [-0.39, 0.29) is 0 Å². The third-order valence-corrected chi connectivity index (χ3v) is 3.84. The molecule has 20 heavy (non-hydrogen) atoms. The Bertz CT molecular complexity index is 540. The highest BCUT2D eigenvalue weighted by molar-refractivity contribution is 5.55. The molecule has 1 aliphatic heterocycles. The molecule has 0 atom stereocenters. The van der Waals surface area contributed by atoms with Crippen molar-refractivity contribution in [2.75, 3.05) is 23.3 Å². The summed E-state index contributed by atoms with van der Waals surface area (Å²) in [5.41, 5.74) is 2.45. The van der Waals surface area contributed by atoms with E-state index in [1.807, 2.05) is 11.6 Å². The zero-order chi connectivity index (χ0) is 13.8. The Morgan fingerprint density at radius 2 is 1.85 bits per heavy atom. The summed E-state index contributed by atoms with van der Waals surface area (Å²) < 4.78 is 1.93. The Morgan fingerprint density at radius 3 is 2.50 bits per heavy atom. The Kier molecular flexibility index (Phi) is 3.85. The largest absolute Gasteiger partial charge is 0.378 e. The normalized spacial score (nSPS) is 15.3. The molecule has 2 aromatic rings. The SMILES string of the molecule is Cn1cnnc1CNc1ccc(N2CCCCC2)cc1. The molecule has 3 rings (SSSR count). The second kappa shape index (κ2) is 5.94. The minimum atomic E-state index is 0.694. The summed E-state index contributed by atoms with van der Waals surface area (Å²) in [6.45, 7) is 3.07. The van der Waals surface area contributed by atoms with Crippen molar-refractivity contribution in [2.24, 2.45) is 7.05 Å². The van der Waals surface area contributed by atoms with Crippen LogP contribution in [-0.2, 0) is 13.6 Å². The molecule has 0 saturated carbocycles. The van der Waals surface area contributed by atoms with Crippen molar-refractivity contribution < 1.29 is 0 Å². The van der Waals surface area contributed by atoms with Crippen LogP contribution in [0.4, 0.5) is 11.4 Å². The number of benzene rings is 1. The van der Waals surface area contributed by atoms with Crippen LogP contribution in [0.1, 0.15) is 25.1 Å². The van der Waals surface area contributed by atoms with Crippen LogP contribution in [0.5, 0.6) is 0 Å². The average molecular weight is 271 g/mol. The summed E-state index contributed by atoms with van der Waals surface area (Å²) in [6, 6.07) is 8.68. The summed E-state index contributed by atoms with van der Waals surface area (Å²) in [5, 5.41) is 11.3. The van der Waals surface area contributed by atoms with Crippen LogP contribution in [0.2, 0.25) is 0 Å². The van der Waals surface area contributed by atoms with Gasteiger partial charge in [-0.3, -0.25) is 0 Å². The molecule has 1 N–H and O–H groups in total. The van der Waals surface area contributed by atoms with Gasteiger partial charge >= 0.3 is 0 Å². The van der Waals surface area contributed by atoms with Crippen LogP contribution in [0.15, 0.2) is 30.6 Å². The Hall–Kier alpha value is -2.04. The first kappa shape index (κ1) is 13.0. The van der Waals surface area contributed by atoms with Gasteiger partial charge in [-0.15, -0.1) is 10.2 Å². The molecule has 5 heteroatoms. The number of nitrogens with one attached hydrogen (secondary N) is 1. The molecule has 1 fully saturated rings. The van der Waals surface area contributed by atoms with Gasteiger partial charge in [-0.2, -0.15) is 0 Å². The van der Waals surface area contributed by atoms with Crippen molar-refractivity contribution in [3.05, 3.63) is 36.4 Å². The van der Waals surface area contributed by atoms with E-state index in [1.54, 1.807) is 6.33 Å². The first-order valence-corrected chi connectivity index (χ1v) is 7.25. The van der Waals surface area contributed by atoms with Crippen LogP contribution in [0, 0.1) is 0 Å². The maximum absolute atomic E-state index is 4.06. The van der Waals surface area contributed by atoms with Crippen LogP contribution in [0.3, 0.4) is 0 Å². The maximum atomic E-state index is 4.06. The van der Waals surface area contributed by atoms with Gasteiger partial charge in [-0.05, 0) is 43.5 Å². The van der Waals surface area contributed by atoms with E-state index in [2.05, 4.69) is 44.7 Å². The molecule has 1 aliphatic rings. The zero-order valence-electron chi connectivity index (χ0n) is 11.9. The lowest BCUT2D eigenvalue weighted by Crippen LogP contribution is -2.29. The molecule has 0 amide bonds. The number of nitrogens with zero attached hydrogens (tertiary/aromatic N) is 4. The number of aryl methyl sites for hydroxylation is 1. The van der Waals surface area contributed by atoms with E-state index in [0.29, 0.717) is 6.54 Å². The second-order valence-electron chi connectivity index (χ2n) is 5.31. The van der Waals surface area contributed by atoms with E-state index in [0.717, 1.165) is 11.5 Å². The maximum Gasteiger partial charge on any atom is 0.151 e. The van der Waals surface area contributed by atoms with Crippen molar-refractivity contribution >= 4 is 11.4 Å². The molecule has 0 aliphatic carbocycles. The van der Waals surface area contributed by atoms with E-state index >= 15 is 0 Å². The Balaban J connectivity index is 1.59. The van der Waals surface area contributed by atoms with Gasteiger partial charge in [-0.25, -0.2) is 0 Å². The summed E-state index contributed by atoms with van der Waals surface area (Å²) in [6.07, 6.45) is 5.71. The molecular weight excluding hydrogens is 250 g/mol. The summed E-state index contributed by atoms with van der Waals surface area (Å²) in [7, 11) is 1.95. The topological polar surface area (TPSA) is 46.0 Å². The van der Waals surface area contributed by atoms with Gasteiger partial charge in [-0.1, -0.05) is 0 Å². The molecule has 2 heterocycles. The highest BCUT2D eigenvalue weighted by Crippen LogP contribution is 2.21. The fourth-order valence-electron chi connectivity index (χ4n) is 2.59. The first-order valence-electron chi connectivity index (χ1n) is 7.25. The van der Waals surface area contributed by atoms with Gasteiger partial charge in [0, 0.05) is 31.5 Å². The zero-order valence-corrected chi connectivity index (χ0v) is 11.9. The monoisotopic (exact) mass is 271 g/mol. The predicted molar refractivity (Wildman–Crippen MR) is 80.8 cm³/mol. The lowest BCUT2D eigenvalue weighted by atomic mass is 10.1. The van der Waals surface area contributed by atoms with E-state index in [1.165, 1.54) is 38.0 Å². The number of piperidine rings is 1. The second-order valence-corrected chi connectivity index (χ2v) is 5.31. The molecule has 1 saturated heterocycles. The number of hydrogen-bond donors (Lipinski definition) is 1. The molecule has 1 aromatic heterocycles. The lowest BCUT2D eigenvalue weighted by molar-refractivity contribution is 0.578. The molecule has 1 aromatic carbocycles. The molecular formula is C15H21N5. The molecule has 0 spiro atoms. The highest BCUT2D eigenvalue weighted by atomic mass is 15.3. The minimum Gasteiger partial charge on any atom is -0.378 e. The number of aromatic nitrogens is 3. The van der Waals surface area contributed by atoms with Crippen LogP contribution in [-0.4, -0.2) is 27.9 Å². The van der Waals surface area contributed by atoms with Crippen LogP contribution < -0.4 is 10.2 Å². The number of rotatable bonds is 4. The van der Waals surface area contributed by atoms with Gasteiger partial charge < -0.3 is 14.8 Å². The number of anilines is 2. The Morgan fingerprint density at radius 1 is 1.10 bits per heavy atom. The standard InChI is InChI=1S/C15H21N5/c1-19-12-17-18-15(19)11-16-13-5-7-14(8-6-13)20-9-3-2-4-10-20/h5-8,12,16H,2-4,9-11H2,1H3. The molecule has 0 unspecified atom stereocenters. The fraction of sp³-hybridized carbons (Fsp3) is 0.467. The van der Waals surface area contributed by atoms with Crippen molar-refractivity contribution in [1.82, 2.24) is 14.8 Å². The Labute approximate surface area is 119 Å². The number of hydrogen-bond acceptors (Lipinski definition) is 4. The lowest BCUT2D eigenvalue weighted by Gasteiger charge is -2.28. The quantitative estimate of drug-likeness (QED) is 0.927. The van der Waals surface area contributed by atoms with E-state index in [4.69, 9.17) is 0 Å². The predicted octanol–water partition coefficient (Wildman–Crippen LogP) is 2.42. The molecule has 106 valence electrons. The fourth-order valence-corrected chi connectivity index (χ4v) is 2.59. The average Bonchev–Trinajstić information content (AvgIpc) is 2.92. The van der Waals surface area contributed by atoms with Crippen molar-refractivity contribution in [1.29, 1.82) is 0 Å². The van der Waals surface area contributed by atoms with Crippen molar-refractivity contribution in [3.8, 4) is 0 Å². The van der Waals surface area contributed by atoms with Gasteiger partial charge in [0.2, 0.25) is 0 Å². The van der Waals surface area contributed by atoms with Crippen molar-refractivity contribution in [3.63, 3.8) is 0 Å². The molecule has 0 radical (unpaired) electrons. The van der Waals surface area contributed by atoms with E-state index in [9.17, 15) is 0 Å². The van der Waals surface area contributed by atoms with Gasteiger partial charge in [0.25, 0.3) is 0 Å². The smallest absolute Gasteiger partial charge is 0.151 e. The van der Waals surface area contributed by atoms with Crippen LogP contribution >= 0.6 is 0 Å². The highest BCUT2D eigenvalue weighted by Gasteiger charge is 2.10. The van der Waals surface area contributed by atoms with Crippen molar-refractivity contribution in [2.45, 2.75) is 25.8 Å². The molecule has 0 bridgehead atoms. The third kappa shape index (κ3) is 2.92. The summed E-state index contributed by atoms with van der Waals surface area (Å²) >= 11 is 0.